The summed E-state index contributed by atoms with van der Waals surface area (Å²) in [5.41, 5.74) is 3.58. The fraction of sp³-hybridized carbons (Fsp3) is 0.148. The van der Waals surface area contributed by atoms with Gasteiger partial charge in [0.25, 0.3) is 5.91 Å². The van der Waals surface area contributed by atoms with Crippen molar-refractivity contribution in [2.24, 2.45) is 5.10 Å². The fourth-order valence-electron chi connectivity index (χ4n) is 3.48. The van der Waals surface area contributed by atoms with Gasteiger partial charge in [0.05, 0.1) is 36.2 Å². The highest BCUT2D eigenvalue weighted by Gasteiger charge is 2.23. The van der Waals surface area contributed by atoms with Crippen LogP contribution in [-0.4, -0.2) is 61.1 Å². The van der Waals surface area contributed by atoms with Crippen LogP contribution in [-0.2, 0) is 14.3 Å². The molecule has 1 heterocycles. The number of anilines is 1. The first kappa shape index (κ1) is 26.5. The van der Waals surface area contributed by atoms with Crippen LogP contribution >= 0.6 is 11.6 Å². The van der Waals surface area contributed by atoms with E-state index in [1.165, 1.54) is 6.21 Å². The van der Waals surface area contributed by atoms with Crippen LogP contribution in [0.25, 0.3) is 0 Å². The fourth-order valence-corrected chi connectivity index (χ4v) is 3.61. The molecule has 0 atom stereocenters. The number of morpholine rings is 1. The second kappa shape index (κ2) is 12.6. The Labute approximate surface area is 223 Å². The number of halogens is 1. The maximum atomic E-state index is 12.8. The van der Waals surface area contributed by atoms with Crippen LogP contribution in [0.3, 0.4) is 0 Å². The molecule has 0 radical (unpaired) electrons. The number of hydrogen-bond donors (Lipinski definition) is 2. The lowest BCUT2D eigenvalue weighted by Gasteiger charge is -2.27. The largest absolute Gasteiger partial charge is 0.423 e. The zero-order valence-corrected chi connectivity index (χ0v) is 20.8. The molecule has 1 aliphatic heterocycles. The molecule has 194 valence electrons. The van der Waals surface area contributed by atoms with Crippen LogP contribution in [0.2, 0.25) is 5.02 Å². The summed E-state index contributed by atoms with van der Waals surface area (Å²) in [6, 6.07) is 19.1. The lowest BCUT2D eigenvalue weighted by Crippen LogP contribution is -2.41. The summed E-state index contributed by atoms with van der Waals surface area (Å²) in [4.78, 5) is 51.3. The monoisotopic (exact) mass is 534 g/mol. The van der Waals surface area contributed by atoms with Crippen molar-refractivity contribution in [1.82, 2.24) is 10.3 Å². The molecule has 1 aliphatic rings. The van der Waals surface area contributed by atoms with E-state index in [-0.39, 0.29) is 17.2 Å². The third-order valence-corrected chi connectivity index (χ3v) is 5.71. The highest BCUT2D eigenvalue weighted by molar-refractivity contribution is 6.40. The van der Waals surface area contributed by atoms with Gasteiger partial charge in [-0.15, -0.1) is 0 Å². The Kier molecular flexibility index (Phi) is 8.81. The second-order valence-electron chi connectivity index (χ2n) is 8.07. The number of esters is 1. The molecule has 10 nitrogen and oxygen atoms in total. The number of amides is 3. The standard InChI is InChI=1S/C27H23ClN4O6/c28-20-9-7-19(8-10-20)27(36)38-21-11-5-18(6-12-21)17-29-31-25(34)24(33)30-23-4-2-1-3-22(23)26(35)32-13-15-37-16-14-32/h1-12,17H,13-16H2,(H,30,33)(H,31,34)/b29-17-. The molecule has 0 spiro atoms. The first-order valence-corrected chi connectivity index (χ1v) is 12.0. The van der Waals surface area contributed by atoms with Crippen molar-refractivity contribution in [3.8, 4) is 5.75 Å². The Morgan fingerprint density at radius 2 is 1.58 bits per heavy atom. The van der Waals surface area contributed by atoms with E-state index in [4.69, 9.17) is 21.1 Å². The van der Waals surface area contributed by atoms with Crippen LogP contribution in [0.5, 0.6) is 5.75 Å². The maximum absolute atomic E-state index is 12.8. The predicted octanol–water partition coefficient (Wildman–Crippen LogP) is 3.12. The summed E-state index contributed by atoms with van der Waals surface area (Å²) in [7, 11) is 0. The first-order chi connectivity index (χ1) is 18.4. The molecule has 0 bridgehead atoms. The highest BCUT2D eigenvalue weighted by Crippen LogP contribution is 2.18. The number of carbonyl (C=O) groups excluding carboxylic acids is 4. The first-order valence-electron chi connectivity index (χ1n) is 11.6. The predicted molar refractivity (Wildman–Crippen MR) is 140 cm³/mol. The van der Waals surface area contributed by atoms with Crippen molar-refractivity contribution in [3.05, 3.63) is 94.5 Å². The zero-order valence-electron chi connectivity index (χ0n) is 20.1. The number of rotatable bonds is 6. The number of hydrogen-bond acceptors (Lipinski definition) is 7. The van der Waals surface area contributed by atoms with Crippen LogP contribution in [0.1, 0.15) is 26.3 Å². The molecule has 2 N–H and O–H groups in total. The number of benzene rings is 3. The summed E-state index contributed by atoms with van der Waals surface area (Å²) in [5, 5.41) is 6.76. The molecule has 3 aromatic rings. The minimum atomic E-state index is -1.01. The van der Waals surface area contributed by atoms with Crippen molar-refractivity contribution in [3.63, 3.8) is 0 Å². The van der Waals surface area contributed by atoms with E-state index in [9.17, 15) is 19.2 Å². The summed E-state index contributed by atoms with van der Waals surface area (Å²) in [6.07, 6.45) is 1.33. The third kappa shape index (κ3) is 7.02. The summed E-state index contributed by atoms with van der Waals surface area (Å²) < 4.78 is 10.6. The SMILES string of the molecule is O=C(N/N=C\c1ccc(OC(=O)c2ccc(Cl)cc2)cc1)C(=O)Nc1ccccc1C(=O)N1CCOCC1. The van der Waals surface area contributed by atoms with Gasteiger partial charge >= 0.3 is 17.8 Å². The van der Waals surface area contributed by atoms with E-state index in [1.54, 1.807) is 77.7 Å². The van der Waals surface area contributed by atoms with Gasteiger partial charge in [-0.2, -0.15) is 5.10 Å². The Bertz CT molecular complexity index is 1350. The minimum Gasteiger partial charge on any atom is -0.423 e. The van der Waals surface area contributed by atoms with Crippen molar-refractivity contribution in [2.45, 2.75) is 0 Å². The average molecular weight is 535 g/mol. The van der Waals surface area contributed by atoms with E-state index in [2.05, 4.69) is 15.8 Å². The molecule has 1 saturated heterocycles. The van der Waals surface area contributed by atoms with Gasteiger partial charge in [0.1, 0.15) is 5.75 Å². The Morgan fingerprint density at radius 3 is 2.29 bits per heavy atom. The molecule has 4 rings (SSSR count). The topological polar surface area (TPSA) is 126 Å². The summed E-state index contributed by atoms with van der Waals surface area (Å²) in [6.45, 7) is 1.78. The van der Waals surface area contributed by atoms with Gasteiger partial charge in [-0.05, 0) is 66.2 Å². The molecular formula is C27H23ClN4O6. The van der Waals surface area contributed by atoms with Gasteiger partial charge in [-0.3, -0.25) is 14.4 Å². The lowest BCUT2D eigenvalue weighted by atomic mass is 10.1. The van der Waals surface area contributed by atoms with Crippen molar-refractivity contribution in [2.75, 3.05) is 31.6 Å². The van der Waals surface area contributed by atoms with Gasteiger partial charge in [0, 0.05) is 18.1 Å². The summed E-state index contributed by atoms with van der Waals surface area (Å²) in [5.74, 6) is -2.47. The number of hydrazone groups is 1. The maximum Gasteiger partial charge on any atom is 0.343 e. The average Bonchev–Trinajstić information content (AvgIpc) is 2.94. The quantitative estimate of drug-likeness (QED) is 0.164. The van der Waals surface area contributed by atoms with E-state index in [0.717, 1.165) is 0 Å². The second-order valence-corrected chi connectivity index (χ2v) is 8.51. The molecule has 0 saturated carbocycles. The van der Waals surface area contributed by atoms with Crippen LogP contribution in [0.15, 0.2) is 77.9 Å². The molecule has 11 heteroatoms. The number of nitrogens with one attached hydrogen (secondary N) is 2. The number of para-hydroxylation sites is 1. The van der Waals surface area contributed by atoms with E-state index >= 15 is 0 Å². The van der Waals surface area contributed by atoms with Crippen molar-refractivity contribution in [1.29, 1.82) is 0 Å². The Balaban J connectivity index is 1.30. The Hall–Kier alpha value is -4.54. The smallest absolute Gasteiger partial charge is 0.343 e. The molecule has 3 amide bonds. The lowest BCUT2D eigenvalue weighted by molar-refractivity contribution is -0.136. The van der Waals surface area contributed by atoms with Crippen molar-refractivity contribution >= 4 is 47.2 Å². The molecular weight excluding hydrogens is 512 g/mol. The molecule has 0 aromatic heterocycles. The van der Waals surface area contributed by atoms with Crippen LogP contribution in [0.4, 0.5) is 5.69 Å². The van der Waals surface area contributed by atoms with Gasteiger partial charge in [-0.1, -0.05) is 23.7 Å². The minimum absolute atomic E-state index is 0.219. The van der Waals surface area contributed by atoms with E-state index < -0.39 is 17.8 Å². The number of ether oxygens (including phenoxy) is 2. The van der Waals surface area contributed by atoms with Gasteiger partial charge in [-0.25, -0.2) is 10.2 Å². The Morgan fingerprint density at radius 1 is 0.895 bits per heavy atom. The third-order valence-electron chi connectivity index (χ3n) is 5.46. The van der Waals surface area contributed by atoms with E-state index in [0.29, 0.717) is 48.2 Å². The zero-order chi connectivity index (χ0) is 26.9. The van der Waals surface area contributed by atoms with Crippen molar-refractivity contribution < 1.29 is 28.7 Å². The molecule has 0 unspecified atom stereocenters. The van der Waals surface area contributed by atoms with Gasteiger partial charge < -0.3 is 19.7 Å². The molecule has 3 aromatic carbocycles. The normalized spacial score (nSPS) is 13.1. The van der Waals surface area contributed by atoms with Gasteiger partial charge in [0.15, 0.2) is 0 Å². The van der Waals surface area contributed by atoms with Crippen LogP contribution in [0, 0.1) is 0 Å². The number of nitrogens with zero attached hydrogens (tertiary/aromatic N) is 2. The molecule has 0 aliphatic carbocycles. The van der Waals surface area contributed by atoms with Crippen LogP contribution < -0.4 is 15.5 Å². The molecule has 38 heavy (non-hydrogen) atoms. The highest BCUT2D eigenvalue weighted by atomic mass is 35.5. The van der Waals surface area contributed by atoms with Gasteiger partial charge in [0.2, 0.25) is 0 Å². The number of carbonyl (C=O) groups is 4. The molecule has 1 fully saturated rings. The van der Waals surface area contributed by atoms with E-state index in [1.807, 2.05) is 0 Å². The summed E-state index contributed by atoms with van der Waals surface area (Å²) >= 11 is 5.82.